The Morgan fingerprint density at radius 3 is 2.38 bits per heavy atom. The monoisotopic (exact) mass is 241 g/mol. The highest BCUT2D eigenvalue weighted by molar-refractivity contribution is 7.89. The van der Waals surface area contributed by atoms with Crippen molar-refractivity contribution >= 4 is 16.2 Å². The Balaban J connectivity index is 2.78. The van der Waals surface area contributed by atoms with E-state index < -0.39 is 10.0 Å². The van der Waals surface area contributed by atoms with E-state index in [1.807, 2.05) is 6.92 Å². The molecule has 0 bridgehead atoms. The molecule has 16 heavy (non-hydrogen) atoms. The minimum Gasteiger partial charge on any atom is -0.311 e. The largest absolute Gasteiger partial charge is 0.311 e. The molecule has 1 atom stereocenters. The maximum atomic E-state index is 11.7. The number of nitrogens with one attached hydrogen (secondary N) is 3. The lowest BCUT2D eigenvalue weighted by Gasteiger charge is -2.10. The van der Waals surface area contributed by atoms with Gasteiger partial charge in [0.15, 0.2) is 0 Å². The van der Waals surface area contributed by atoms with Crippen LogP contribution in [0.1, 0.15) is 12.5 Å². The van der Waals surface area contributed by atoms with Crippen molar-refractivity contribution in [3.8, 4) is 0 Å². The van der Waals surface area contributed by atoms with Gasteiger partial charge in [-0.1, -0.05) is 17.7 Å². The van der Waals surface area contributed by atoms with Gasteiger partial charge in [0.25, 0.3) is 10.0 Å². The number of benzene rings is 1. The molecule has 1 aromatic carbocycles. The predicted octanol–water partition coefficient (Wildman–Crippen LogP) is 0.816. The van der Waals surface area contributed by atoms with Crippen molar-refractivity contribution in [2.45, 2.75) is 24.8 Å². The van der Waals surface area contributed by atoms with E-state index in [1.165, 1.54) is 12.1 Å². The molecule has 0 aliphatic rings. The summed E-state index contributed by atoms with van der Waals surface area (Å²) in [4.78, 5) is 2.41. The van der Waals surface area contributed by atoms with Gasteiger partial charge >= 0.3 is 0 Å². The maximum Gasteiger partial charge on any atom is 0.253 e. The van der Waals surface area contributed by atoms with Crippen molar-refractivity contribution in [1.29, 1.82) is 5.41 Å². The highest BCUT2D eigenvalue weighted by atomic mass is 32.2. The van der Waals surface area contributed by atoms with Crippen molar-refractivity contribution in [1.82, 2.24) is 10.3 Å². The smallest absolute Gasteiger partial charge is 0.253 e. The first-order valence-corrected chi connectivity index (χ1v) is 6.28. The van der Waals surface area contributed by atoms with Crippen LogP contribution in [-0.2, 0) is 10.0 Å². The molecule has 0 aromatic heterocycles. The van der Waals surface area contributed by atoms with Crippen LogP contribution in [0.3, 0.4) is 0 Å². The quantitative estimate of drug-likeness (QED) is 0.527. The van der Waals surface area contributed by atoms with Crippen LogP contribution in [0, 0.1) is 12.3 Å². The van der Waals surface area contributed by atoms with Crippen LogP contribution in [0.5, 0.6) is 0 Å². The van der Waals surface area contributed by atoms with Gasteiger partial charge in [-0.2, -0.15) is 0 Å². The molecule has 1 rings (SSSR count). The second kappa shape index (κ2) is 5.20. The van der Waals surface area contributed by atoms with Gasteiger partial charge in [-0.15, -0.1) is 4.83 Å². The summed E-state index contributed by atoms with van der Waals surface area (Å²) in [5.41, 5.74) is 3.50. The Morgan fingerprint density at radius 1 is 1.31 bits per heavy atom. The van der Waals surface area contributed by atoms with Crippen LogP contribution >= 0.6 is 0 Å². The molecule has 0 aliphatic heterocycles. The Morgan fingerprint density at radius 2 is 1.88 bits per heavy atom. The van der Waals surface area contributed by atoms with E-state index >= 15 is 0 Å². The van der Waals surface area contributed by atoms with Crippen LogP contribution in [0.25, 0.3) is 0 Å². The van der Waals surface area contributed by atoms with Crippen LogP contribution in [0.2, 0.25) is 0 Å². The fraction of sp³-hybridized carbons (Fsp3) is 0.300. The Kier molecular flexibility index (Phi) is 4.17. The molecule has 0 saturated heterocycles. The van der Waals surface area contributed by atoms with Crippen LogP contribution < -0.4 is 10.3 Å². The molecule has 3 N–H and O–H groups in total. The van der Waals surface area contributed by atoms with Crippen molar-refractivity contribution < 1.29 is 8.42 Å². The van der Waals surface area contributed by atoms with E-state index in [-0.39, 0.29) is 10.9 Å². The Labute approximate surface area is 95.4 Å². The predicted molar refractivity (Wildman–Crippen MR) is 62.9 cm³/mol. The minimum atomic E-state index is -3.55. The maximum absolute atomic E-state index is 11.7. The highest BCUT2D eigenvalue weighted by Crippen LogP contribution is 2.08. The third-order valence-electron chi connectivity index (χ3n) is 2.00. The Bertz CT molecular complexity index is 453. The lowest BCUT2D eigenvalue weighted by Crippen LogP contribution is -2.43. The number of hydrogen-bond donors (Lipinski definition) is 3. The van der Waals surface area contributed by atoms with Crippen LogP contribution in [0.15, 0.2) is 29.2 Å². The van der Waals surface area contributed by atoms with Gasteiger partial charge in [-0.05, 0) is 26.0 Å². The summed E-state index contributed by atoms with van der Waals surface area (Å²) in [7, 11) is -3.55. The zero-order valence-electron chi connectivity index (χ0n) is 9.19. The van der Waals surface area contributed by atoms with Crippen molar-refractivity contribution in [2.24, 2.45) is 0 Å². The van der Waals surface area contributed by atoms with Gasteiger partial charge in [-0.3, -0.25) is 0 Å². The molecule has 0 radical (unpaired) electrons. The molecule has 6 heteroatoms. The average Bonchev–Trinajstić information content (AvgIpc) is 2.26. The molecule has 1 aromatic rings. The lowest BCUT2D eigenvalue weighted by molar-refractivity contribution is 0.549. The second-order valence-corrected chi connectivity index (χ2v) is 5.20. The topological polar surface area (TPSA) is 82.1 Å². The van der Waals surface area contributed by atoms with Crippen molar-refractivity contribution in [2.75, 3.05) is 0 Å². The number of hydrogen-bond acceptors (Lipinski definition) is 4. The molecule has 5 nitrogen and oxygen atoms in total. The average molecular weight is 241 g/mol. The third kappa shape index (κ3) is 3.41. The lowest BCUT2D eigenvalue weighted by atomic mass is 10.2. The summed E-state index contributed by atoms with van der Waals surface area (Å²) < 4.78 is 23.4. The standard InChI is InChI=1S/C10H15N3O2S/c1-8-3-5-10(6-4-8)16(14,15)13-12-9(2)7-11/h3-7,9,11-13H,1-2H3. The molecule has 0 spiro atoms. The normalized spacial score (nSPS) is 13.4. The summed E-state index contributed by atoms with van der Waals surface area (Å²) in [5, 5.41) is 6.93. The van der Waals surface area contributed by atoms with E-state index in [0.29, 0.717) is 0 Å². The van der Waals surface area contributed by atoms with Gasteiger partial charge in [0.2, 0.25) is 0 Å². The molecule has 88 valence electrons. The van der Waals surface area contributed by atoms with Gasteiger partial charge in [-0.25, -0.2) is 13.8 Å². The summed E-state index contributed by atoms with van der Waals surface area (Å²) in [6.45, 7) is 3.56. The van der Waals surface area contributed by atoms with E-state index in [2.05, 4.69) is 10.3 Å². The van der Waals surface area contributed by atoms with E-state index in [9.17, 15) is 8.42 Å². The summed E-state index contributed by atoms with van der Waals surface area (Å²) in [6.07, 6.45) is 1.11. The second-order valence-electron chi connectivity index (χ2n) is 3.52. The van der Waals surface area contributed by atoms with E-state index in [1.54, 1.807) is 19.1 Å². The minimum absolute atomic E-state index is 0.197. The summed E-state index contributed by atoms with van der Waals surface area (Å²) in [5.74, 6) is 0. The molecule has 0 heterocycles. The number of hydrazine groups is 1. The zero-order valence-corrected chi connectivity index (χ0v) is 10.0. The van der Waals surface area contributed by atoms with Gasteiger partial charge in [0, 0.05) is 6.21 Å². The summed E-state index contributed by atoms with van der Waals surface area (Å²) in [6, 6.07) is 6.19. The Hall–Kier alpha value is -1.24. The van der Waals surface area contributed by atoms with E-state index in [0.717, 1.165) is 11.8 Å². The molecule has 0 aliphatic carbocycles. The SMILES string of the molecule is Cc1ccc(S(=O)(=O)NNC(C)C=N)cc1. The van der Waals surface area contributed by atoms with Crippen LogP contribution in [0.4, 0.5) is 0 Å². The molecule has 0 saturated carbocycles. The first-order chi connectivity index (χ1) is 7.45. The molecule has 1 unspecified atom stereocenters. The van der Waals surface area contributed by atoms with Gasteiger partial charge in [0.05, 0.1) is 10.9 Å². The first kappa shape index (κ1) is 12.8. The third-order valence-corrected chi connectivity index (χ3v) is 3.28. The fourth-order valence-electron chi connectivity index (χ4n) is 0.989. The summed E-state index contributed by atoms with van der Waals surface area (Å²) >= 11 is 0. The molecular formula is C10H15N3O2S. The van der Waals surface area contributed by atoms with Crippen molar-refractivity contribution in [3.63, 3.8) is 0 Å². The van der Waals surface area contributed by atoms with Gasteiger partial charge in [0.1, 0.15) is 0 Å². The zero-order chi connectivity index (χ0) is 12.2. The number of aryl methyl sites for hydroxylation is 1. The van der Waals surface area contributed by atoms with E-state index in [4.69, 9.17) is 5.41 Å². The molecule has 0 amide bonds. The first-order valence-electron chi connectivity index (χ1n) is 4.80. The fourth-order valence-corrected chi connectivity index (χ4v) is 1.94. The number of rotatable bonds is 5. The molecular weight excluding hydrogens is 226 g/mol. The van der Waals surface area contributed by atoms with Crippen molar-refractivity contribution in [3.05, 3.63) is 29.8 Å². The highest BCUT2D eigenvalue weighted by Gasteiger charge is 2.13. The number of sulfonamides is 1. The van der Waals surface area contributed by atoms with Crippen LogP contribution in [-0.4, -0.2) is 20.7 Å². The molecule has 0 fully saturated rings. The van der Waals surface area contributed by atoms with Gasteiger partial charge < -0.3 is 5.41 Å².